The van der Waals surface area contributed by atoms with Crippen LogP contribution in [0.5, 0.6) is 17.2 Å². The monoisotopic (exact) mass is 387 g/mol. The van der Waals surface area contributed by atoms with Gasteiger partial charge in [0, 0.05) is 18.2 Å². The number of carbonyl (C=O) groups excluding carboxylic acids is 1. The van der Waals surface area contributed by atoms with Crippen molar-refractivity contribution in [3.8, 4) is 17.2 Å². The van der Waals surface area contributed by atoms with Gasteiger partial charge in [0.15, 0.2) is 23.8 Å². The minimum absolute atomic E-state index is 0.0822. The van der Waals surface area contributed by atoms with Crippen LogP contribution in [0.15, 0.2) is 28.9 Å². The Labute approximate surface area is 163 Å². The number of likely N-dealkylation sites (tertiary alicyclic amines) is 1. The first kappa shape index (κ1) is 18.6. The normalized spacial score (nSPS) is 16.4. The first-order valence-electron chi connectivity index (χ1n) is 9.51. The van der Waals surface area contributed by atoms with Gasteiger partial charge in [0.1, 0.15) is 12.0 Å². The van der Waals surface area contributed by atoms with Crippen LogP contribution in [0.3, 0.4) is 0 Å². The number of hydrogen-bond donors (Lipinski definition) is 1. The summed E-state index contributed by atoms with van der Waals surface area (Å²) in [7, 11) is 0. The van der Waals surface area contributed by atoms with Gasteiger partial charge >= 0.3 is 0 Å². The lowest BCUT2D eigenvalue weighted by atomic mass is 10.0. The zero-order valence-corrected chi connectivity index (χ0v) is 16.2. The molecule has 0 radical (unpaired) electrons. The Hall–Kier alpha value is -2.74. The van der Waals surface area contributed by atoms with Crippen LogP contribution in [0.1, 0.15) is 43.1 Å². The Kier molecular flexibility index (Phi) is 5.13. The van der Waals surface area contributed by atoms with Gasteiger partial charge in [-0.3, -0.25) is 9.69 Å². The van der Waals surface area contributed by atoms with Crippen LogP contribution in [0.25, 0.3) is 0 Å². The zero-order valence-electron chi connectivity index (χ0n) is 16.2. The van der Waals surface area contributed by atoms with Crippen LogP contribution in [0.2, 0.25) is 0 Å². The highest BCUT2D eigenvalue weighted by molar-refractivity contribution is 5.91. The average Bonchev–Trinajstić information content (AvgIpc) is 3.45. The molecule has 0 bridgehead atoms. The van der Waals surface area contributed by atoms with Crippen molar-refractivity contribution in [2.45, 2.75) is 38.8 Å². The number of hydrogen-bond acceptors (Lipinski definition) is 7. The summed E-state index contributed by atoms with van der Waals surface area (Å²) in [6.07, 6.45) is 3.79. The number of fused-ring (bicyclic) bond motifs is 1. The van der Waals surface area contributed by atoms with Gasteiger partial charge in [-0.15, -0.1) is 0 Å². The van der Waals surface area contributed by atoms with Crippen molar-refractivity contribution in [2.75, 3.05) is 26.4 Å². The molecule has 3 heterocycles. The molecule has 2 aromatic rings. The molecule has 0 saturated carbocycles. The third-order valence-electron chi connectivity index (χ3n) is 5.13. The van der Waals surface area contributed by atoms with Crippen molar-refractivity contribution in [1.29, 1.82) is 0 Å². The van der Waals surface area contributed by atoms with E-state index in [1.165, 1.54) is 19.1 Å². The van der Waals surface area contributed by atoms with E-state index in [9.17, 15) is 4.79 Å². The van der Waals surface area contributed by atoms with E-state index in [0.29, 0.717) is 29.7 Å². The van der Waals surface area contributed by atoms with Crippen LogP contribution in [-0.4, -0.2) is 47.8 Å². The van der Waals surface area contributed by atoms with E-state index in [1.807, 2.05) is 0 Å². The van der Waals surface area contributed by atoms with Gasteiger partial charge in [-0.05, 0) is 51.9 Å². The van der Waals surface area contributed by atoms with Crippen LogP contribution < -0.4 is 19.5 Å². The highest BCUT2D eigenvalue weighted by Gasteiger charge is 2.29. The van der Waals surface area contributed by atoms with Gasteiger partial charge in [-0.2, -0.15) is 0 Å². The predicted octanol–water partition coefficient (Wildman–Crippen LogP) is 2.59. The fourth-order valence-corrected chi connectivity index (χ4v) is 3.41. The van der Waals surface area contributed by atoms with Crippen LogP contribution in [0.4, 0.5) is 0 Å². The summed E-state index contributed by atoms with van der Waals surface area (Å²) in [6.45, 7) is 7.33. The van der Waals surface area contributed by atoms with E-state index in [1.54, 1.807) is 18.2 Å². The molecule has 8 nitrogen and oxygen atoms in total. The van der Waals surface area contributed by atoms with E-state index in [-0.39, 0.29) is 30.5 Å². The van der Waals surface area contributed by atoms with Gasteiger partial charge in [0.2, 0.25) is 12.7 Å². The number of amides is 1. The van der Waals surface area contributed by atoms with Crippen molar-refractivity contribution in [1.82, 2.24) is 15.2 Å². The molecule has 1 aromatic carbocycles. The summed E-state index contributed by atoms with van der Waals surface area (Å²) >= 11 is 0. The summed E-state index contributed by atoms with van der Waals surface area (Å²) < 4.78 is 21.6. The molecule has 150 valence electrons. The van der Waals surface area contributed by atoms with E-state index in [0.717, 1.165) is 13.1 Å². The molecule has 0 unspecified atom stereocenters. The topological polar surface area (TPSA) is 86.1 Å². The Morgan fingerprint density at radius 3 is 2.86 bits per heavy atom. The third-order valence-corrected chi connectivity index (χ3v) is 5.13. The summed E-state index contributed by atoms with van der Waals surface area (Å²) in [6, 6.07) is 5.32. The van der Waals surface area contributed by atoms with Gasteiger partial charge in [-0.1, -0.05) is 0 Å². The highest BCUT2D eigenvalue weighted by Crippen LogP contribution is 2.35. The maximum absolute atomic E-state index is 12.4. The molecule has 2 aliphatic rings. The van der Waals surface area contributed by atoms with Crippen LogP contribution in [-0.2, 0) is 6.61 Å². The number of benzene rings is 1. The van der Waals surface area contributed by atoms with Crippen molar-refractivity contribution in [2.24, 2.45) is 0 Å². The first-order chi connectivity index (χ1) is 13.5. The average molecular weight is 387 g/mol. The summed E-state index contributed by atoms with van der Waals surface area (Å²) in [5.74, 6) is 2.04. The molecule has 1 amide bonds. The molecule has 0 spiro atoms. The van der Waals surface area contributed by atoms with Gasteiger partial charge in [0.25, 0.3) is 5.91 Å². The molecular weight excluding hydrogens is 362 g/mol. The van der Waals surface area contributed by atoms with E-state index < -0.39 is 0 Å². The van der Waals surface area contributed by atoms with Crippen LogP contribution >= 0.6 is 0 Å². The number of aromatic nitrogens is 1. The lowest BCUT2D eigenvalue weighted by Crippen LogP contribution is -2.50. The number of rotatable bonds is 7. The fourth-order valence-electron chi connectivity index (χ4n) is 3.41. The quantitative estimate of drug-likeness (QED) is 0.781. The van der Waals surface area contributed by atoms with E-state index in [4.69, 9.17) is 18.6 Å². The Morgan fingerprint density at radius 1 is 1.25 bits per heavy atom. The SMILES string of the molecule is CC(C)(CNC(=O)c1coc(COc2ccc3c(c2)OCO3)n1)N1CCCC1. The number of carbonyl (C=O) groups is 1. The van der Waals surface area contributed by atoms with Crippen LogP contribution in [0, 0.1) is 0 Å². The smallest absolute Gasteiger partial charge is 0.273 e. The second kappa shape index (κ2) is 7.71. The Balaban J connectivity index is 1.29. The Morgan fingerprint density at radius 2 is 2.04 bits per heavy atom. The molecular formula is C20H25N3O5. The minimum Gasteiger partial charge on any atom is -0.484 e. The zero-order chi connectivity index (χ0) is 19.6. The molecule has 2 aliphatic heterocycles. The maximum atomic E-state index is 12.4. The maximum Gasteiger partial charge on any atom is 0.273 e. The van der Waals surface area contributed by atoms with Crippen molar-refractivity contribution in [3.05, 3.63) is 36.0 Å². The van der Waals surface area contributed by atoms with Crippen molar-refractivity contribution < 1.29 is 23.4 Å². The van der Waals surface area contributed by atoms with Gasteiger partial charge in [0.05, 0.1) is 0 Å². The number of oxazole rings is 1. The number of nitrogens with zero attached hydrogens (tertiary/aromatic N) is 2. The Bertz CT molecular complexity index is 842. The molecule has 1 fully saturated rings. The van der Waals surface area contributed by atoms with E-state index >= 15 is 0 Å². The second-order valence-electron chi connectivity index (χ2n) is 7.62. The lowest BCUT2D eigenvalue weighted by Gasteiger charge is -2.35. The molecule has 8 heteroatoms. The molecule has 0 aliphatic carbocycles. The predicted molar refractivity (Wildman–Crippen MR) is 101 cm³/mol. The van der Waals surface area contributed by atoms with Gasteiger partial charge in [-0.25, -0.2) is 4.98 Å². The molecule has 1 N–H and O–H groups in total. The second-order valence-corrected chi connectivity index (χ2v) is 7.62. The standard InChI is InChI=1S/C20H25N3O5/c1-20(2,23-7-3-4-8-23)12-21-19(24)15-10-26-18(22-15)11-25-14-5-6-16-17(9-14)28-13-27-16/h5-6,9-10H,3-4,7-8,11-13H2,1-2H3,(H,21,24). The molecule has 1 saturated heterocycles. The molecule has 0 atom stereocenters. The van der Waals surface area contributed by atoms with E-state index in [2.05, 4.69) is 29.0 Å². The molecule has 1 aromatic heterocycles. The lowest BCUT2D eigenvalue weighted by molar-refractivity contribution is 0.0897. The fraction of sp³-hybridized carbons (Fsp3) is 0.500. The van der Waals surface area contributed by atoms with Gasteiger partial charge < -0.3 is 23.9 Å². The third kappa shape index (κ3) is 4.06. The summed E-state index contributed by atoms with van der Waals surface area (Å²) in [5, 5.41) is 2.96. The minimum atomic E-state index is -0.245. The highest BCUT2D eigenvalue weighted by atomic mass is 16.7. The summed E-state index contributed by atoms with van der Waals surface area (Å²) in [4.78, 5) is 19.0. The van der Waals surface area contributed by atoms with Crippen molar-refractivity contribution >= 4 is 5.91 Å². The number of ether oxygens (including phenoxy) is 3. The first-order valence-corrected chi connectivity index (χ1v) is 9.51. The number of nitrogens with one attached hydrogen (secondary N) is 1. The molecule has 4 rings (SSSR count). The largest absolute Gasteiger partial charge is 0.484 e. The van der Waals surface area contributed by atoms with Crippen molar-refractivity contribution in [3.63, 3.8) is 0 Å². The molecule has 28 heavy (non-hydrogen) atoms. The summed E-state index contributed by atoms with van der Waals surface area (Å²) in [5.41, 5.74) is 0.169.